The standard InChI is InChI=1S/C25H33N3O4/c1-3-20(16-30-2)27-21-10-12-28(13-11-21)22-7-5-19(6-8-22)25(29)26-15-18-4-9-23-24(14-18)32-17-31-23/h4-9,14,20-21,27H,3,10-13,15-17H2,1-2H3,(H,26,29)/t20-/m0/s1. The minimum absolute atomic E-state index is 0.0825. The van der Waals surface area contributed by atoms with Gasteiger partial charge in [0.05, 0.1) is 6.61 Å². The van der Waals surface area contributed by atoms with Crippen molar-refractivity contribution in [3.63, 3.8) is 0 Å². The molecule has 1 saturated heterocycles. The van der Waals surface area contributed by atoms with Crippen LogP contribution >= 0.6 is 0 Å². The summed E-state index contributed by atoms with van der Waals surface area (Å²) in [6.45, 7) is 5.67. The second-order valence-electron chi connectivity index (χ2n) is 8.41. The van der Waals surface area contributed by atoms with Gasteiger partial charge in [0, 0.05) is 50.1 Å². The van der Waals surface area contributed by atoms with Crippen LogP contribution in [0.1, 0.15) is 42.1 Å². The number of carbonyl (C=O) groups excluding carboxylic acids is 1. The molecule has 7 nitrogen and oxygen atoms in total. The van der Waals surface area contributed by atoms with Gasteiger partial charge < -0.3 is 29.7 Å². The van der Waals surface area contributed by atoms with Crippen LogP contribution in [0.25, 0.3) is 0 Å². The molecule has 4 rings (SSSR count). The van der Waals surface area contributed by atoms with Gasteiger partial charge >= 0.3 is 0 Å². The van der Waals surface area contributed by atoms with Gasteiger partial charge in [-0.1, -0.05) is 13.0 Å². The van der Waals surface area contributed by atoms with E-state index in [1.165, 1.54) is 5.69 Å². The van der Waals surface area contributed by atoms with Crippen molar-refractivity contribution in [2.24, 2.45) is 0 Å². The Hall–Kier alpha value is -2.77. The quantitative estimate of drug-likeness (QED) is 0.625. The number of benzene rings is 2. The van der Waals surface area contributed by atoms with Crippen LogP contribution in [0.15, 0.2) is 42.5 Å². The smallest absolute Gasteiger partial charge is 0.251 e. The van der Waals surface area contributed by atoms with E-state index in [9.17, 15) is 4.79 Å². The minimum atomic E-state index is -0.0825. The number of piperidine rings is 1. The van der Waals surface area contributed by atoms with Gasteiger partial charge in [-0.2, -0.15) is 0 Å². The maximum atomic E-state index is 12.6. The summed E-state index contributed by atoms with van der Waals surface area (Å²) in [6, 6.07) is 14.6. The maximum absolute atomic E-state index is 12.6. The molecule has 2 aliphatic heterocycles. The highest BCUT2D eigenvalue weighted by molar-refractivity contribution is 5.94. The monoisotopic (exact) mass is 439 g/mol. The third-order valence-electron chi connectivity index (χ3n) is 6.21. The summed E-state index contributed by atoms with van der Waals surface area (Å²) in [5.41, 5.74) is 2.81. The summed E-state index contributed by atoms with van der Waals surface area (Å²) in [4.78, 5) is 15.0. The number of hydrogen-bond acceptors (Lipinski definition) is 6. The Morgan fingerprint density at radius 1 is 1.12 bits per heavy atom. The lowest BCUT2D eigenvalue weighted by Gasteiger charge is -2.35. The van der Waals surface area contributed by atoms with Crippen molar-refractivity contribution in [3.05, 3.63) is 53.6 Å². The number of amides is 1. The number of nitrogens with one attached hydrogen (secondary N) is 2. The van der Waals surface area contributed by atoms with E-state index in [0.29, 0.717) is 24.2 Å². The highest BCUT2D eigenvalue weighted by atomic mass is 16.7. The molecule has 2 aromatic carbocycles. The van der Waals surface area contributed by atoms with Crippen LogP contribution in [0.3, 0.4) is 0 Å². The molecule has 172 valence electrons. The number of ether oxygens (including phenoxy) is 3. The van der Waals surface area contributed by atoms with E-state index in [1.807, 2.05) is 42.5 Å². The number of rotatable bonds is 9. The van der Waals surface area contributed by atoms with E-state index in [0.717, 1.165) is 56.0 Å². The molecule has 0 aromatic heterocycles. The summed E-state index contributed by atoms with van der Waals surface area (Å²) in [5, 5.41) is 6.70. The number of fused-ring (bicyclic) bond motifs is 1. The second kappa shape index (κ2) is 10.7. The SMILES string of the molecule is CC[C@@H](COC)NC1CCN(c2ccc(C(=O)NCc3ccc4c(c3)OCO4)cc2)CC1. The molecule has 1 fully saturated rings. The number of methoxy groups -OCH3 is 1. The zero-order valence-corrected chi connectivity index (χ0v) is 18.9. The number of hydrogen-bond donors (Lipinski definition) is 2. The minimum Gasteiger partial charge on any atom is -0.454 e. The topological polar surface area (TPSA) is 72.1 Å². The summed E-state index contributed by atoms with van der Waals surface area (Å²) < 4.78 is 16.0. The van der Waals surface area contributed by atoms with Crippen molar-refractivity contribution in [2.75, 3.05) is 38.5 Å². The van der Waals surface area contributed by atoms with Gasteiger partial charge in [-0.25, -0.2) is 0 Å². The van der Waals surface area contributed by atoms with Gasteiger partial charge in [0.25, 0.3) is 5.91 Å². The van der Waals surface area contributed by atoms with Gasteiger partial charge in [0.2, 0.25) is 6.79 Å². The van der Waals surface area contributed by atoms with Crippen molar-refractivity contribution in [3.8, 4) is 11.5 Å². The molecular formula is C25H33N3O4. The van der Waals surface area contributed by atoms with Crippen LogP contribution in [-0.4, -0.2) is 51.6 Å². The Balaban J connectivity index is 1.25. The van der Waals surface area contributed by atoms with Crippen LogP contribution in [0, 0.1) is 0 Å². The van der Waals surface area contributed by atoms with E-state index in [4.69, 9.17) is 14.2 Å². The third-order valence-corrected chi connectivity index (χ3v) is 6.21. The maximum Gasteiger partial charge on any atom is 0.251 e. The molecule has 2 aromatic rings. The lowest BCUT2D eigenvalue weighted by atomic mass is 10.0. The van der Waals surface area contributed by atoms with Gasteiger partial charge in [0.15, 0.2) is 11.5 Å². The van der Waals surface area contributed by atoms with E-state index in [-0.39, 0.29) is 12.7 Å². The molecule has 1 amide bonds. The Bertz CT molecular complexity index is 895. The lowest BCUT2D eigenvalue weighted by molar-refractivity contribution is 0.0951. The van der Waals surface area contributed by atoms with E-state index in [1.54, 1.807) is 7.11 Å². The number of anilines is 1. The molecule has 0 radical (unpaired) electrons. The molecule has 0 unspecified atom stereocenters. The van der Waals surface area contributed by atoms with Crippen LogP contribution in [0.4, 0.5) is 5.69 Å². The van der Waals surface area contributed by atoms with Crippen molar-refractivity contribution in [1.82, 2.24) is 10.6 Å². The largest absolute Gasteiger partial charge is 0.454 e. The Labute approximate surface area is 190 Å². The Morgan fingerprint density at radius 3 is 2.59 bits per heavy atom. The second-order valence-corrected chi connectivity index (χ2v) is 8.41. The third kappa shape index (κ3) is 5.53. The zero-order chi connectivity index (χ0) is 22.3. The summed E-state index contributed by atoms with van der Waals surface area (Å²) in [7, 11) is 1.76. The first-order valence-electron chi connectivity index (χ1n) is 11.4. The van der Waals surface area contributed by atoms with Crippen LogP contribution in [0.2, 0.25) is 0 Å². The zero-order valence-electron chi connectivity index (χ0n) is 18.9. The molecule has 1 atom stereocenters. The van der Waals surface area contributed by atoms with Crippen molar-refractivity contribution in [1.29, 1.82) is 0 Å². The van der Waals surface area contributed by atoms with Crippen LogP contribution in [-0.2, 0) is 11.3 Å². The molecule has 0 bridgehead atoms. The summed E-state index contributed by atoms with van der Waals surface area (Å²) in [6.07, 6.45) is 3.29. The first kappa shape index (κ1) is 22.4. The normalized spacial score (nSPS) is 16.8. The fourth-order valence-corrected chi connectivity index (χ4v) is 4.28. The molecule has 2 aliphatic rings. The Morgan fingerprint density at radius 2 is 1.88 bits per heavy atom. The average molecular weight is 440 g/mol. The van der Waals surface area contributed by atoms with E-state index in [2.05, 4.69) is 22.5 Å². The van der Waals surface area contributed by atoms with E-state index < -0.39 is 0 Å². The van der Waals surface area contributed by atoms with Crippen molar-refractivity contribution < 1.29 is 19.0 Å². The molecular weight excluding hydrogens is 406 g/mol. The van der Waals surface area contributed by atoms with Gasteiger partial charge in [-0.3, -0.25) is 4.79 Å². The molecule has 2 N–H and O–H groups in total. The van der Waals surface area contributed by atoms with Crippen molar-refractivity contribution >= 4 is 11.6 Å². The van der Waals surface area contributed by atoms with Gasteiger partial charge in [0.1, 0.15) is 0 Å². The van der Waals surface area contributed by atoms with Crippen LogP contribution < -0.4 is 25.0 Å². The first-order valence-corrected chi connectivity index (χ1v) is 11.4. The molecule has 7 heteroatoms. The predicted molar refractivity (Wildman–Crippen MR) is 125 cm³/mol. The number of nitrogens with zero attached hydrogens (tertiary/aromatic N) is 1. The molecule has 0 aliphatic carbocycles. The lowest BCUT2D eigenvalue weighted by Crippen LogP contribution is -2.47. The highest BCUT2D eigenvalue weighted by Gasteiger charge is 2.21. The predicted octanol–water partition coefficient (Wildman–Crippen LogP) is 3.33. The number of carbonyl (C=O) groups is 1. The fourth-order valence-electron chi connectivity index (χ4n) is 4.28. The van der Waals surface area contributed by atoms with Gasteiger partial charge in [-0.15, -0.1) is 0 Å². The summed E-state index contributed by atoms with van der Waals surface area (Å²) >= 11 is 0. The highest BCUT2D eigenvalue weighted by Crippen LogP contribution is 2.32. The van der Waals surface area contributed by atoms with Crippen molar-refractivity contribution in [2.45, 2.75) is 44.8 Å². The Kier molecular flexibility index (Phi) is 7.50. The average Bonchev–Trinajstić information content (AvgIpc) is 3.31. The fraction of sp³-hybridized carbons (Fsp3) is 0.480. The molecule has 32 heavy (non-hydrogen) atoms. The molecule has 2 heterocycles. The first-order chi connectivity index (χ1) is 15.7. The van der Waals surface area contributed by atoms with Crippen LogP contribution in [0.5, 0.6) is 11.5 Å². The van der Waals surface area contributed by atoms with E-state index >= 15 is 0 Å². The molecule has 0 spiro atoms. The summed E-state index contributed by atoms with van der Waals surface area (Å²) in [5.74, 6) is 1.39. The van der Waals surface area contributed by atoms with Gasteiger partial charge in [-0.05, 0) is 61.2 Å². The molecule has 0 saturated carbocycles.